The highest BCUT2D eigenvalue weighted by atomic mass is 16.3. The molecule has 0 atom stereocenters. The van der Waals surface area contributed by atoms with Crippen LogP contribution in [0.5, 0.6) is 0 Å². The van der Waals surface area contributed by atoms with Gasteiger partial charge in [-0.05, 0) is 56.2 Å². The maximum atomic E-state index is 10.0. The van der Waals surface area contributed by atoms with E-state index in [9.17, 15) is 5.11 Å². The van der Waals surface area contributed by atoms with Gasteiger partial charge < -0.3 is 19.9 Å². The van der Waals surface area contributed by atoms with Crippen molar-refractivity contribution in [3.05, 3.63) is 42.2 Å². The summed E-state index contributed by atoms with van der Waals surface area (Å²) in [5.74, 6) is 0.736. The predicted octanol–water partition coefficient (Wildman–Crippen LogP) is 4.29. The lowest BCUT2D eigenvalue weighted by Crippen LogP contribution is -2.45. The number of aliphatic hydroxyl groups excluding tert-OH is 1. The molecule has 3 aliphatic rings. The second-order valence-corrected chi connectivity index (χ2v) is 10.7. The van der Waals surface area contributed by atoms with Crippen LogP contribution in [0.1, 0.15) is 57.1 Å². The van der Waals surface area contributed by atoms with Gasteiger partial charge in [0, 0.05) is 68.2 Å². The third-order valence-electron chi connectivity index (χ3n) is 8.13. The molecule has 2 saturated carbocycles. The van der Waals surface area contributed by atoms with Crippen LogP contribution in [0.25, 0.3) is 22.2 Å². The first kappa shape index (κ1) is 23.0. The summed E-state index contributed by atoms with van der Waals surface area (Å²) in [6, 6.07) is 9.99. The summed E-state index contributed by atoms with van der Waals surface area (Å²) in [7, 11) is 0. The number of hydrogen-bond donors (Lipinski definition) is 2. The number of nitrogens with zero attached hydrogens (tertiary/aromatic N) is 5. The van der Waals surface area contributed by atoms with Gasteiger partial charge in [-0.1, -0.05) is 31.2 Å². The fourth-order valence-electron chi connectivity index (χ4n) is 5.67. The largest absolute Gasteiger partial charge is 0.393 e. The van der Waals surface area contributed by atoms with E-state index in [2.05, 4.69) is 62.1 Å². The van der Waals surface area contributed by atoms with Gasteiger partial charge >= 0.3 is 0 Å². The molecule has 3 heterocycles. The van der Waals surface area contributed by atoms with Crippen LogP contribution in [-0.4, -0.2) is 74.3 Å². The third kappa shape index (κ3) is 5.08. The molecule has 2 N–H and O–H groups in total. The lowest BCUT2D eigenvalue weighted by atomic mass is 9.93. The van der Waals surface area contributed by atoms with Crippen LogP contribution in [-0.2, 0) is 6.54 Å². The fraction of sp³-hybridized carbons (Fsp3) is 0.571. The quantitative estimate of drug-likeness (QED) is 0.533. The van der Waals surface area contributed by atoms with Gasteiger partial charge in [-0.2, -0.15) is 4.98 Å². The Bertz CT molecular complexity index is 1140. The summed E-state index contributed by atoms with van der Waals surface area (Å²) in [5.41, 5.74) is 4.80. The number of piperazine rings is 1. The van der Waals surface area contributed by atoms with Crippen molar-refractivity contribution >= 4 is 17.0 Å². The van der Waals surface area contributed by atoms with E-state index in [-0.39, 0.29) is 6.10 Å². The van der Waals surface area contributed by atoms with Crippen LogP contribution in [0.15, 0.2) is 36.7 Å². The number of anilines is 1. The van der Waals surface area contributed by atoms with E-state index >= 15 is 0 Å². The van der Waals surface area contributed by atoms with Crippen molar-refractivity contribution in [3.63, 3.8) is 0 Å². The molecule has 3 aromatic rings. The second-order valence-electron chi connectivity index (χ2n) is 10.7. The van der Waals surface area contributed by atoms with Crippen molar-refractivity contribution in [2.45, 2.75) is 70.2 Å². The van der Waals surface area contributed by atoms with Gasteiger partial charge in [0.15, 0.2) is 0 Å². The predicted molar refractivity (Wildman–Crippen MR) is 141 cm³/mol. The molecule has 1 aromatic carbocycles. The second kappa shape index (κ2) is 9.88. The summed E-state index contributed by atoms with van der Waals surface area (Å²) >= 11 is 0. The molecule has 6 rings (SSSR count). The molecule has 7 nitrogen and oxygen atoms in total. The Balaban J connectivity index is 1.26. The minimum absolute atomic E-state index is 0.160. The molecule has 3 fully saturated rings. The molecule has 0 bridgehead atoms. The van der Waals surface area contributed by atoms with Crippen LogP contribution in [0.4, 0.5) is 5.95 Å². The first-order valence-electron chi connectivity index (χ1n) is 13.5. The summed E-state index contributed by atoms with van der Waals surface area (Å²) < 4.78 is 2.36. The monoisotopic (exact) mass is 474 g/mol. The van der Waals surface area contributed by atoms with Gasteiger partial charge in [-0.25, -0.2) is 4.98 Å². The third-order valence-corrected chi connectivity index (χ3v) is 8.13. The number of nitrogens with one attached hydrogen (secondary N) is 1. The van der Waals surface area contributed by atoms with Crippen LogP contribution < -0.4 is 5.32 Å². The van der Waals surface area contributed by atoms with E-state index in [1.54, 1.807) is 0 Å². The van der Waals surface area contributed by atoms with E-state index in [4.69, 9.17) is 4.98 Å². The van der Waals surface area contributed by atoms with Gasteiger partial charge in [-0.3, -0.25) is 4.90 Å². The van der Waals surface area contributed by atoms with E-state index in [0.29, 0.717) is 12.1 Å². The first-order chi connectivity index (χ1) is 17.2. The summed E-state index contributed by atoms with van der Waals surface area (Å²) in [6.07, 6.45) is 10.2. The zero-order chi connectivity index (χ0) is 23.8. The Morgan fingerprint density at radius 1 is 0.943 bits per heavy atom. The molecule has 1 saturated heterocycles. The van der Waals surface area contributed by atoms with E-state index < -0.39 is 0 Å². The maximum Gasteiger partial charge on any atom is 0.224 e. The summed E-state index contributed by atoms with van der Waals surface area (Å²) in [4.78, 5) is 14.7. The Hall–Kier alpha value is -2.48. The van der Waals surface area contributed by atoms with E-state index in [1.165, 1.54) is 42.6 Å². The SMILES string of the molecule is CCN1CCN(Cc2ccc(-c3cn([C@H]4CC[C@H](O)CC4)c4nc(NC5CC5)ncc34)cc2)CC1. The molecule has 2 aliphatic carbocycles. The molecule has 0 amide bonds. The smallest absolute Gasteiger partial charge is 0.224 e. The minimum Gasteiger partial charge on any atom is -0.393 e. The number of fused-ring (bicyclic) bond motifs is 1. The van der Waals surface area contributed by atoms with Crippen LogP contribution >= 0.6 is 0 Å². The molecule has 35 heavy (non-hydrogen) atoms. The normalized spacial score (nSPS) is 24.2. The zero-order valence-electron chi connectivity index (χ0n) is 20.9. The molecular formula is C28H38N6O. The van der Waals surface area contributed by atoms with Crippen molar-refractivity contribution in [1.82, 2.24) is 24.3 Å². The molecule has 7 heteroatoms. The number of benzene rings is 1. The Labute approximate surface area is 208 Å². The maximum absolute atomic E-state index is 10.0. The standard InChI is InChI=1S/C28H38N6O/c1-2-32-13-15-33(16-14-32)18-20-3-5-21(6-4-20)26-19-34(23-9-11-24(35)12-10-23)27-25(26)17-29-28(31-27)30-22-7-8-22/h3-6,17,19,22-24,35H,2,7-16,18H2,1H3,(H,29,30,31)/t23-,24-. The van der Waals surface area contributed by atoms with Crippen LogP contribution in [0.3, 0.4) is 0 Å². The Morgan fingerprint density at radius 2 is 1.66 bits per heavy atom. The molecule has 0 radical (unpaired) electrons. The highest BCUT2D eigenvalue weighted by Crippen LogP contribution is 2.37. The van der Waals surface area contributed by atoms with Crippen LogP contribution in [0, 0.1) is 0 Å². The molecule has 2 aromatic heterocycles. The zero-order valence-corrected chi connectivity index (χ0v) is 20.9. The van der Waals surface area contributed by atoms with E-state index in [1.807, 2.05) is 6.20 Å². The van der Waals surface area contributed by atoms with Crippen molar-refractivity contribution in [3.8, 4) is 11.1 Å². The summed E-state index contributed by atoms with van der Waals surface area (Å²) in [5, 5.41) is 14.6. The van der Waals surface area contributed by atoms with Crippen LogP contribution in [0.2, 0.25) is 0 Å². The summed E-state index contributed by atoms with van der Waals surface area (Å²) in [6.45, 7) is 9.05. The topological polar surface area (TPSA) is 69.5 Å². The Kier molecular flexibility index (Phi) is 6.48. The van der Waals surface area contributed by atoms with Crippen molar-refractivity contribution in [2.24, 2.45) is 0 Å². The van der Waals surface area contributed by atoms with Gasteiger partial charge in [-0.15, -0.1) is 0 Å². The minimum atomic E-state index is -0.160. The highest BCUT2D eigenvalue weighted by molar-refractivity contribution is 5.94. The molecule has 0 spiro atoms. The molecule has 0 unspecified atom stereocenters. The van der Waals surface area contributed by atoms with Crippen molar-refractivity contribution in [1.29, 1.82) is 0 Å². The van der Waals surface area contributed by atoms with Crippen molar-refractivity contribution in [2.75, 3.05) is 38.0 Å². The Morgan fingerprint density at radius 3 is 2.34 bits per heavy atom. The average Bonchev–Trinajstić information content (AvgIpc) is 3.63. The number of hydrogen-bond acceptors (Lipinski definition) is 6. The molecule has 1 aliphatic heterocycles. The first-order valence-corrected chi connectivity index (χ1v) is 13.5. The lowest BCUT2D eigenvalue weighted by Gasteiger charge is -2.34. The number of aliphatic hydroxyl groups is 1. The average molecular weight is 475 g/mol. The highest BCUT2D eigenvalue weighted by Gasteiger charge is 2.26. The number of aromatic nitrogens is 3. The lowest BCUT2D eigenvalue weighted by molar-refractivity contribution is 0.111. The fourth-order valence-corrected chi connectivity index (χ4v) is 5.67. The van der Waals surface area contributed by atoms with E-state index in [0.717, 1.165) is 68.8 Å². The van der Waals surface area contributed by atoms with Gasteiger partial charge in [0.1, 0.15) is 5.65 Å². The van der Waals surface area contributed by atoms with Gasteiger partial charge in [0.2, 0.25) is 5.95 Å². The van der Waals surface area contributed by atoms with Gasteiger partial charge in [0.25, 0.3) is 0 Å². The van der Waals surface area contributed by atoms with Gasteiger partial charge in [0.05, 0.1) is 6.10 Å². The number of rotatable bonds is 7. The molecule has 186 valence electrons. The molecular weight excluding hydrogens is 436 g/mol. The number of likely N-dealkylation sites (N-methyl/N-ethyl adjacent to an activating group) is 1. The van der Waals surface area contributed by atoms with Crippen molar-refractivity contribution < 1.29 is 5.11 Å².